The van der Waals surface area contributed by atoms with E-state index >= 15 is 0 Å². The summed E-state index contributed by atoms with van der Waals surface area (Å²) < 4.78 is 5.50. The van der Waals surface area contributed by atoms with Crippen LogP contribution in [-0.4, -0.2) is 92.3 Å². The molecule has 5 unspecified atom stereocenters. The van der Waals surface area contributed by atoms with Crippen molar-refractivity contribution in [1.29, 1.82) is 0 Å². The van der Waals surface area contributed by atoms with Gasteiger partial charge in [0.05, 0.1) is 31.6 Å². The van der Waals surface area contributed by atoms with E-state index in [0.717, 1.165) is 58.2 Å². The average molecular weight is 465 g/mol. The highest BCUT2D eigenvalue weighted by Gasteiger charge is 2.41. The summed E-state index contributed by atoms with van der Waals surface area (Å²) in [5, 5.41) is 10.7. The van der Waals surface area contributed by atoms with Gasteiger partial charge in [0.25, 0.3) is 0 Å². The number of hydroxylamine groups is 1. The lowest BCUT2D eigenvalue weighted by atomic mass is 9.85. The van der Waals surface area contributed by atoms with Gasteiger partial charge in [0.15, 0.2) is 0 Å². The zero-order valence-electron chi connectivity index (χ0n) is 20.3. The molecule has 5 aliphatic rings. The van der Waals surface area contributed by atoms with Crippen molar-refractivity contribution in [1.82, 2.24) is 31.2 Å². The van der Waals surface area contributed by atoms with Gasteiger partial charge in [-0.3, -0.25) is 24.7 Å². The van der Waals surface area contributed by atoms with Gasteiger partial charge < -0.3 is 15.4 Å². The van der Waals surface area contributed by atoms with Crippen molar-refractivity contribution >= 4 is 5.91 Å². The van der Waals surface area contributed by atoms with Gasteiger partial charge in [0, 0.05) is 45.1 Å². The van der Waals surface area contributed by atoms with E-state index in [-0.39, 0.29) is 18.3 Å². The molecule has 0 aromatic heterocycles. The summed E-state index contributed by atoms with van der Waals surface area (Å²) in [5.74, 6) is 1.39. The number of nitrogens with one attached hydrogen (secondary N) is 4. The number of likely N-dealkylation sites (tertiary alicyclic amines) is 1. The molecule has 33 heavy (non-hydrogen) atoms. The maximum Gasteiger partial charge on any atom is 0.217 e. The minimum absolute atomic E-state index is 0.0742. The molecule has 4 N–H and O–H groups in total. The van der Waals surface area contributed by atoms with E-state index in [0.29, 0.717) is 24.2 Å². The molecule has 0 radical (unpaired) electrons. The lowest BCUT2D eigenvalue weighted by Crippen LogP contribution is -2.57. The highest BCUT2D eigenvalue weighted by molar-refractivity contribution is 5.73. The van der Waals surface area contributed by atoms with E-state index in [1.165, 1.54) is 45.1 Å². The predicted molar refractivity (Wildman–Crippen MR) is 126 cm³/mol. The van der Waals surface area contributed by atoms with Crippen LogP contribution in [0.1, 0.15) is 58.3 Å². The zero-order valence-corrected chi connectivity index (χ0v) is 20.3. The normalized spacial score (nSPS) is 41.3. The second-order valence-electron chi connectivity index (χ2n) is 10.8. The van der Waals surface area contributed by atoms with Crippen LogP contribution in [0, 0.1) is 11.8 Å². The predicted octanol–water partition coefficient (Wildman–Crippen LogP) is 0.580. The lowest BCUT2D eigenvalue weighted by Gasteiger charge is -2.40. The van der Waals surface area contributed by atoms with Gasteiger partial charge in [-0.2, -0.15) is 5.48 Å². The van der Waals surface area contributed by atoms with Crippen LogP contribution >= 0.6 is 0 Å². The largest absolute Gasteiger partial charge is 0.379 e. The van der Waals surface area contributed by atoms with Crippen LogP contribution in [0.5, 0.6) is 0 Å². The van der Waals surface area contributed by atoms with Crippen molar-refractivity contribution in [2.75, 3.05) is 45.9 Å². The van der Waals surface area contributed by atoms with Gasteiger partial charge in [-0.15, -0.1) is 0 Å². The maximum absolute atomic E-state index is 11.3. The quantitative estimate of drug-likeness (QED) is 0.454. The zero-order chi connectivity index (χ0) is 22.6. The van der Waals surface area contributed by atoms with Crippen LogP contribution in [0.15, 0.2) is 0 Å². The van der Waals surface area contributed by atoms with Gasteiger partial charge in [-0.25, -0.2) is 0 Å². The summed E-state index contributed by atoms with van der Waals surface area (Å²) in [6.07, 6.45) is 10.3. The van der Waals surface area contributed by atoms with Crippen LogP contribution in [0.25, 0.3) is 0 Å². The summed E-state index contributed by atoms with van der Waals surface area (Å²) >= 11 is 0. The van der Waals surface area contributed by atoms with E-state index < -0.39 is 0 Å². The Balaban J connectivity index is 1.05. The first-order valence-electron chi connectivity index (χ1n) is 13.4. The number of carbonyl (C=O) groups excluding carboxylic acids is 1. The van der Waals surface area contributed by atoms with Gasteiger partial charge in [-0.1, -0.05) is 0 Å². The van der Waals surface area contributed by atoms with Gasteiger partial charge in [0.1, 0.15) is 6.23 Å². The van der Waals surface area contributed by atoms with E-state index in [1.54, 1.807) is 6.92 Å². The van der Waals surface area contributed by atoms with Crippen LogP contribution < -0.4 is 21.4 Å². The number of rotatable bonds is 6. The van der Waals surface area contributed by atoms with Crippen molar-refractivity contribution < 1.29 is 14.4 Å². The summed E-state index contributed by atoms with van der Waals surface area (Å²) in [6.45, 7) is 8.79. The summed E-state index contributed by atoms with van der Waals surface area (Å²) in [5.41, 5.74) is 3.34. The number of hydrogen-bond donors (Lipinski definition) is 4. The summed E-state index contributed by atoms with van der Waals surface area (Å²) in [6, 6.07) is 0.832. The highest BCUT2D eigenvalue weighted by atomic mass is 16.7. The van der Waals surface area contributed by atoms with Gasteiger partial charge in [0.2, 0.25) is 5.91 Å². The molecule has 1 aliphatic carbocycles. The topological polar surface area (TPSA) is 90.1 Å². The van der Waals surface area contributed by atoms with Crippen molar-refractivity contribution in [3.05, 3.63) is 0 Å². The molecule has 0 aromatic rings. The fourth-order valence-electron chi connectivity index (χ4n) is 6.69. The van der Waals surface area contributed by atoms with Gasteiger partial charge in [-0.05, 0) is 63.8 Å². The summed E-state index contributed by atoms with van der Waals surface area (Å²) in [7, 11) is 0. The molecule has 9 heteroatoms. The van der Waals surface area contributed by atoms with E-state index in [2.05, 4.69) is 31.2 Å². The molecule has 5 fully saturated rings. The molecule has 0 bridgehead atoms. The van der Waals surface area contributed by atoms with Crippen LogP contribution in [0.4, 0.5) is 0 Å². The second kappa shape index (κ2) is 11.3. The minimum atomic E-state index is 0.0742. The molecule has 0 aromatic carbocycles. The fourth-order valence-corrected chi connectivity index (χ4v) is 6.69. The first-order chi connectivity index (χ1) is 16.2. The van der Waals surface area contributed by atoms with E-state index in [1.807, 2.05) is 0 Å². The molecular weight excluding hydrogens is 420 g/mol. The van der Waals surface area contributed by atoms with E-state index in [4.69, 9.17) is 9.57 Å². The van der Waals surface area contributed by atoms with Crippen molar-refractivity contribution in [2.45, 2.75) is 88.9 Å². The monoisotopic (exact) mass is 464 g/mol. The Hall–Kier alpha value is -0.810. The molecule has 5 atom stereocenters. The number of piperidine rings is 1. The molecule has 9 nitrogen and oxygen atoms in total. The van der Waals surface area contributed by atoms with Gasteiger partial charge >= 0.3 is 0 Å². The number of morpholine rings is 1. The van der Waals surface area contributed by atoms with Crippen molar-refractivity contribution in [3.8, 4) is 0 Å². The number of carbonyl (C=O) groups is 1. The average Bonchev–Trinajstić information content (AvgIpc) is 3.50. The molecule has 188 valence electrons. The minimum Gasteiger partial charge on any atom is -0.379 e. The molecule has 5 rings (SSSR count). The molecule has 1 saturated carbocycles. The molecule has 1 amide bonds. The fraction of sp³-hybridized carbons (Fsp3) is 0.958. The lowest BCUT2D eigenvalue weighted by molar-refractivity contribution is -0.119. The third kappa shape index (κ3) is 6.07. The second-order valence-corrected chi connectivity index (χ2v) is 10.8. The Morgan fingerprint density at radius 3 is 2.58 bits per heavy atom. The summed E-state index contributed by atoms with van der Waals surface area (Å²) in [4.78, 5) is 22.7. The Morgan fingerprint density at radius 2 is 1.85 bits per heavy atom. The Labute approximate surface area is 198 Å². The first-order valence-corrected chi connectivity index (χ1v) is 13.4. The van der Waals surface area contributed by atoms with Crippen molar-refractivity contribution in [2.24, 2.45) is 11.8 Å². The number of ether oxygens (including phenoxy) is 1. The standard InChI is InChI=1S/C24H44N6O3/c1-17(31)26-20-7-4-18(5-8-20)16-30-10-2-3-21(30)24-27-23(28-33-24)19-6-9-22(25-15-19)29-11-13-32-14-12-29/h18-25,27-28H,2-16H2,1H3,(H,26,31). The Morgan fingerprint density at radius 1 is 1.03 bits per heavy atom. The molecule has 4 saturated heterocycles. The molecule has 4 heterocycles. The maximum atomic E-state index is 11.3. The number of hydrogen-bond acceptors (Lipinski definition) is 8. The Bertz CT molecular complexity index is 632. The number of amides is 1. The number of nitrogens with zero attached hydrogens (tertiary/aromatic N) is 2. The molecular formula is C24H44N6O3. The van der Waals surface area contributed by atoms with Crippen LogP contribution in [-0.2, 0) is 14.4 Å². The molecule has 0 spiro atoms. The third-order valence-corrected chi connectivity index (χ3v) is 8.56. The van der Waals surface area contributed by atoms with Crippen molar-refractivity contribution in [3.63, 3.8) is 0 Å². The molecule has 4 aliphatic heterocycles. The van der Waals surface area contributed by atoms with Crippen LogP contribution in [0.3, 0.4) is 0 Å². The van der Waals surface area contributed by atoms with E-state index in [9.17, 15) is 4.79 Å². The first kappa shape index (κ1) is 23.9. The van der Waals surface area contributed by atoms with Crippen LogP contribution in [0.2, 0.25) is 0 Å². The Kier molecular flexibility index (Phi) is 8.18. The highest BCUT2D eigenvalue weighted by Crippen LogP contribution is 2.30. The smallest absolute Gasteiger partial charge is 0.217 e. The SMILES string of the molecule is CC(=O)NC1CCC(CN2CCCC2C2NC(C3CCC(N4CCOCC4)NC3)NO2)CC1. The third-order valence-electron chi connectivity index (χ3n) is 8.56.